The van der Waals surface area contributed by atoms with Gasteiger partial charge in [0.05, 0.1) is 0 Å². The summed E-state index contributed by atoms with van der Waals surface area (Å²) in [6, 6.07) is 17.3. The van der Waals surface area contributed by atoms with Crippen molar-refractivity contribution >= 4 is 46.1 Å². The Hall–Kier alpha value is -2.84. The number of carbonyl (C=O) groups excluding carboxylic acids is 1. The summed E-state index contributed by atoms with van der Waals surface area (Å²) in [6.07, 6.45) is 0. The first-order chi connectivity index (χ1) is 12.2. The number of rotatable bonds is 5. The third-order valence-electron chi connectivity index (χ3n) is 3.29. The maximum absolute atomic E-state index is 11.9. The zero-order valence-electron chi connectivity index (χ0n) is 13.1. The summed E-state index contributed by atoms with van der Waals surface area (Å²) < 4.78 is 3.67. The number of nitrogens with zero attached hydrogens (tertiary/aromatic N) is 2. The van der Waals surface area contributed by atoms with E-state index < -0.39 is 0 Å². The lowest BCUT2D eigenvalue weighted by molar-refractivity contribution is 0.102. The molecule has 0 saturated carbocycles. The Morgan fingerprint density at radius 1 is 1.00 bits per heavy atom. The highest BCUT2D eigenvalue weighted by Gasteiger charge is 2.08. The Balaban J connectivity index is 1.50. The molecular formula is C17H15N5OS2. The van der Waals surface area contributed by atoms with Gasteiger partial charge in [0.1, 0.15) is 0 Å². The molecule has 25 heavy (non-hydrogen) atoms. The molecule has 2 aromatic carbocycles. The fourth-order valence-electron chi connectivity index (χ4n) is 2.05. The molecule has 1 heterocycles. The highest BCUT2D eigenvalue weighted by Crippen LogP contribution is 2.14. The molecule has 0 aliphatic carbocycles. The van der Waals surface area contributed by atoms with Crippen LogP contribution >= 0.6 is 23.8 Å². The smallest absolute Gasteiger partial charge is 0.277 e. The minimum Gasteiger partial charge on any atom is -0.358 e. The van der Waals surface area contributed by atoms with Crippen molar-refractivity contribution in [3.05, 3.63) is 71.2 Å². The zero-order chi connectivity index (χ0) is 17.5. The first-order valence-corrected chi connectivity index (χ1v) is 8.72. The van der Waals surface area contributed by atoms with E-state index in [1.807, 2.05) is 42.5 Å². The lowest BCUT2D eigenvalue weighted by Crippen LogP contribution is -2.27. The standard InChI is InChI=1S/C17H15N5OS2/c23-16(15-11-25-22-21-15)19-13-6-8-14(9-7-13)20-17(24)18-10-12-4-2-1-3-5-12/h1-9,11H,10H2,(H,19,23)(H2,18,20,24). The third kappa shape index (κ3) is 5.07. The number of benzene rings is 2. The van der Waals surface area contributed by atoms with Crippen LogP contribution in [0.15, 0.2) is 60.0 Å². The Morgan fingerprint density at radius 2 is 1.68 bits per heavy atom. The van der Waals surface area contributed by atoms with Gasteiger partial charge in [-0.05, 0) is 53.6 Å². The van der Waals surface area contributed by atoms with Crippen LogP contribution in [0.1, 0.15) is 16.1 Å². The molecule has 0 aliphatic rings. The Kier molecular flexibility index (Phi) is 5.65. The molecule has 0 atom stereocenters. The third-order valence-corrected chi connectivity index (χ3v) is 4.04. The molecule has 0 aliphatic heterocycles. The molecule has 126 valence electrons. The second-order valence-corrected chi connectivity index (χ2v) is 6.13. The maximum atomic E-state index is 11.9. The largest absolute Gasteiger partial charge is 0.358 e. The molecular weight excluding hydrogens is 354 g/mol. The van der Waals surface area contributed by atoms with Crippen LogP contribution in [0, 0.1) is 0 Å². The fourth-order valence-corrected chi connectivity index (χ4v) is 2.68. The van der Waals surface area contributed by atoms with Gasteiger partial charge in [0.25, 0.3) is 5.91 Å². The number of thiocarbonyl (C=S) groups is 1. The Bertz CT molecular complexity index is 835. The molecule has 3 aromatic rings. The van der Waals surface area contributed by atoms with Crippen molar-refractivity contribution in [1.82, 2.24) is 14.9 Å². The van der Waals surface area contributed by atoms with Crippen molar-refractivity contribution in [2.75, 3.05) is 10.6 Å². The summed E-state index contributed by atoms with van der Waals surface area (Å²) in [6.45, 7) is 0.655. The van der Waals surface area contributed by atoms with E-state index in [1.165, 1.54) is 0 Å². The average molecular weight is 369 g/mol. The lowest BCUT2D eigenvalue weighted by Gasteiger charge is -2.11. The minimum atomic E-state index is -0.283. The van der Waals surface area contributed by atoms with Crippen LogP contribution in [0.5, 0.6) is 0 Å². The molecule has 0 bridgehead atoms. The number of hydrogen-bond donors (Lipinski definition) is 3. The van der Waals surface area contributed by atoms with Crippen LogP contribution in [-0.2, 0) is 6.54 Å². The fraction of sp³-hybridized carbons (Fsp3) is 0.0588. The van der Waals surface area contributed by atoms with E-state index >= 15 is 0 Å². The number of carbonyl (C=O) groups is 1. The van der Waals surface area contributed by atoms with E-state index in [1.54, 1.807) is 17.5 Å². The monoisotopic (exact) mass is 369 g/mol. The highest BCUT2D eigenvalue weighted by molar-refractivity contribution is 7.80. The summed E-state index contributed by atoms with van der Waals surface area (Å²) in [4.78, 5) is 11.9. The van der Waals surface area contributed by atoms with E-state index in [9.17, 15) is 4.79 Å². The molecule has 1 amide bonds. The molecule has 6 nitrogen and oxygen atoms in total. The van der Waals surface area contributed by atoms with Gasteiger partial charge in [-0.1, -0.05) is 34.8 Å². The second kappa shape index (κ2) is 8.32. The van der Waals surface area contributed by atoms with Crippen LogP contribution in [0.3, 0.4) is 0 Å². The van der Waals surface area contributed by atoms with E-state index in [0.717, 1.165) is 22.8 Å². The topological polar surface area (TPSA) is 78.9 Å². The summed E-state index contributed by atoms with van der Waals surface area (Å²) in [5, 5.41) is 14.9. The van der Waals surface area contributed by atoms with Gasteiger partial charge in [0, 0.05) is 23.3 Å². The van der Waals surface area contributed by atoms with Crippen molar-refractivity contribution in [3.8, 4) is 0 Å². The lowest BCUT2D eigenvalue weighted by atomic mass is 10.2. The predicted octanol–water partition coefficient (Wildman–Crippen LogP) is 3.28. The summed E-state index contributed by atoms with van der Waals surface area (Å²) in [5.74, 6) is -0.283. The van der Waals surface area contributed by atoms with Crippen molar-refractivity contribution < 1.29 is 4.79 Å². The summed E-state index contributed by atoms with van der Waals surface area (Å²) in [5.41, 5.74) is 2.96. The number of hydrogen-bond acceptors (Lipinski definition) is 5. The van der Waals surface area contributed by atoms with Gasteiger partial charge >= 0.3 is 0 Å². The zero-order valence-corrected chi connectivity index (χ0v) is 14.7. The van der Waals surface area contributed by atoms with Crippen molar-refractivity contribution in [1.29, 1.82) is 0 Å². The molecule has 1 aromatic heterocycles. The predicted molar refractivity (Wildman–Crippen MR) is 104 cm³/mol. The molecule has 8 heteroatoms. The first kappa shape index (κ1) is 17.0. The van der Waals surface area contributed by atoms with Gasteiger partial charge in [-0.3, -0.25) is 4.79 Å². The molecule has 0 saturated heterocycles. The Morgan fingerprint density at radius 3 is 2.32 bits per heavy atom. The second-order valence-electron chi connectivity index (χ2n) is 5.11. The van der Waals surface area contributed by atoms with E-state index in [-0.39, 0.29) is 5.91 Å². The van der Waals surface area contributed by atoms with Crippen LogP contribution < -0.4 is 16.0 Å². The molecule has 3 N–H and O–H groups in total. The average Bonchev–Trinajstić information content (AvgIpc) is 3.17. The van der Waals surface area contributed by atoms with E-state index in [0.29, 0.717) is 23.0 Å². The molecule has 0 radical (unpaired) electrons. The highest BCUT2D eigenvalue weighted by atomic mass is 32.1. The van der Waals surface area contributed by atoms with E-state index in [2.05, 4.69) is 25.5 Å². The maximum Gasteiger partial charge on any atom is 0.277 e. The van der Waals surface area contributed by atoms with E-state index in [4.69, 9.17) is 12.2 Å². The van der Waals surface area contributed by atoms with Gasteiger partial charge in [0.2, 0.25) is 0 Å². The molecule has 3 rings (SSSR count). The first-order valence-electron chi connectivity index (χ1n) is 7.48. The molecule has 0 unspecified atom stereocenters. The van der Waals surface area contributed by atoms with Crippen molar-refractivity contribution in [2.45, 2.75) is 6.54 Å². The van der Waals surface area contributed by atoms with Gasteiger partial charge in [0.15, 0.2) is 10.8 Å². The van der Waals surface area contributed by atoms with Gasteiger partial charge in [-0.25, -0.2) is 0 Å². The quantitative estimate of drug-likeness (QED) is 0.599. The SMILES string of the molecule is O=C(Nc1ccc(NC(=S)NCc2ccccc2)cc1)c1csnn1. The van der Waals surface area contributed by atoms with Gasteiger partial charge in [-0.2, -0.15) is 0 Å². The number of amides is 1. The minimum absolute atomic E-state index is 0.283. The van der Waals surface area contributed by atoms with Crippen LogP contribution in [0.25, 0.3) is 0 Å². The molecule has 0 fully saturated rings. The number of aromatic nitrogens is 2. The normalized spacial score (nSPS) is 10.1. The molecule has 0 spiro atoms. The van der Waals surface area contributed by atoms with Crippen molar-refractivity contribution in [2.24, 2.45) is 0 Å². The van der Waals surface area contributed by atoms with Crippen molar-refractivity contribution in [3.63, 3.8) is 0 Å². The van der Waals surface area contributed by atoms with Crippen LogP contribution in [0.2, 0.25) is 0 Å². The number of anilines is 2. The van der Waals surface area contributed by atoms with Gasteiger partial charge < -0.3 is 16.0 Å². The van der Waals surface area contributed by atoms with Crippen LogP contribution in [-0.4, -0.2) is 20.6 Å². The Labute approximate surface area is 154 Å². The van der Waals surface area contributed by atoms with Crippen LogP contribution in [0.4, 0.5) is 11.4 Å². The summed E-state index contributed by atoms with van der Waals surface area (Å²) in [7, 11) is 0. The number of nitrogens with one attached hydrogen (secondary N) is 3. The summed E-state index contributed by atoms with van der Waals surface area (Å²) >= 11 is 6.42. The van der Waals surface area contributed by atoms with Gasteiger partial charge in [-0.15, -0.1) is 5.10 Å².